The average molecular weight is 391 g/mol. The van der Waals surface area contributed by atoms with Gasteiger partial charge in [-0.05, 0) is 36.2 Å². The van der Waals surface area contributed by atoms with E-state index >= 15 is 0 Å². The van der Waals surface area contributed by atoms with Gasteiger partial charge in [0.15, 0.2) is 5.65 Å². The molecule has 0 spiro atoms. The summed E-state index contributed by atoms with van der Waals surface area (Å²) in [5.74, 6) is -0.140. The maximum atomic E-state index is 13.9. The number of carbonyl (C=O) groups is 1. The van der Waals surface area contributed by atoms with E-state index in [2.05, 4.69) is 15.1 Å². The zero-order chi connectivity index (χ0) is 20.5. The van der Waals surface area contributed by atoms with Gasteiger partial charge in [-0.25, -0.2) is 9.67 Å². The number of hydrogen-bond acceptors (Lipinski definition) is 5. The van der Waals surface area contributed by atoms with Gasteiger partial charge in [-0.3, -0.25) is 9.78 Å². The molecule has 146 valence electrons. The summed E-state index contributed by atoms with van der Waals surface area (Å²) in [4.78, 5) is 20.1. The number of pyridine rings is 2. The quantitative estimate of drug-likeness (QED) is 0.560. The molecule has 0 unspecified atom stereocenters. The second kappa shape index (κ2) is 7.31. The van der Waals surface area contributed by atoms with Crippen LogP contribution in [0.1, 0.15) is 22.8 Å². The second-order valence-electron chi connectivity index (χ2n) is 6.53. The molecule has 0 saturated carbocycles. The SMILES string of the molecule is CCc1cc(-c2cc(Oc3cnc4c(c3)c(F)nn4C)ccn2)ccc1C(N)=O. The lowest BCUT2D eigenvalue weighted by atomic mass is 9.99. The largest absolute Gasteiger partial charge is 0.456 e. The van der Waals surface area contributed by atoms with Gasteiger partial charge in [-0.15, -0.1) is 5.10 Å². The van der Waals surface area contributed by atoms with E-state index in [1.165, 1.54) is 10.9 Å². The summed E-state index contributed by atoms with van der Waals surface area (Å²) in [5, 5.41) is 4.00. The van der Waals surface area contributed by atoms with Gasteiger partial charge >= 0.3 is 0 Å². The molecule has 0 atom stereocenters. The second-order valence-corrected chi connectivity index (χ2v) is 6.53. The molecule has 3 aromatic heterocycles. The summed E-state index contributed by atoms with van der Waals surface area (Å²) >= 11 is 0. The molecular weight excluding hydrogens is 373 g/mol. The molecule has 0 fully saturated rings. The standard InChI is InChI=1S/C21H18FN5O2/c1-3-12-8-13(4-5-16(12)20(23)28)18-10-14(6-7-24-18)29-15-9-17-19(22)26-27(2)21(17)25-11-15/h4-11H,3H2,1-2H3,(H2,23,28). The molecule has 0 aliphatic rings. The third-order valence-electron chi connectivity index (χ3n) is 4.62. The van der Waals surface area contributed by atoms with E-state index in [9.17, 15) is 9.18 Å². The van der Waals surface area contributed by atoms with Crippen molar-refractivity contribution in [2.45, 2.75) is 13.3 Å². The predicted octanol–water partition coefficient (Wildman–Crippen LogP) is 3.62. The van der Waals surface area contributed by atoms with Crippen LogP contribution in [-0.2, 0) is 13.5 Å². The van der Waals surface area contributed by atoms with Gasteiger partial charge in [0.1, 0.15) is 11.5 Å². The number of hydrogen-bond donors (Lipinski definition) is 1. The molecule has 0 aliphatic carbocycles. The number of aromatic nitrogens is 4. The van der Waals surface area contributed by atoms with Crippen LogP contribution in [0.4, 0.5) is 4.39 Å². The lowest BCUT2D eigenvalue weighted by molar-refractivity contribution is 0.0999. The number of carbonyl (C=O) groups excluding carboxylic acids is 1. The minimum Gasteiger partial charge on any atom is -0.456 e. The summed E-state index contributed by atoms with van der Waals surface area (Å²) < 4.78 is 21.1. The number of nitrogens with zero attached hydrogens (tertiary/aromatic N) is 4. The van der Waals surface area contributed by atoms with E-state index in [-0.39, 0.29) is 5.39 Å². The van der Waals surface area contributed by atoms with E-state index in [1.807, 2.05) is 13.0 Å². The third-order valence-corrected chi connectivity index (χ3v) is 4.62. The summed E-state index contributed by atoms with van der Waals surface area (Å²) in [6.45, 7) is 1.96. The highest BCUT2D eigenvalue weighted by atomic mass is 19.1. The topological polar surface area (TPSA) is 95.9 Å². The fourth-order valence-electron chi connectivity index (χ4n) is 3.19. The number of nitrogens with two attached hydrogens (primary N) is 1. The van der Waals surface area contributed by atoms with Crippen LogP contribution in [0.15, 0.2) is 48.8 Å². The van der Waals surface area contributed by atoms with Crippen molar-refractivity contribution in [1.29, 1.82) is 0 Å². The number of benzene rings is 1. The van der Waals surface area contributed by atoms with Crippen molar-refractivity contribution in [3.05, 3.63) is 65.9 Å². The van der Waals surface area contributed by atoms with E-state index in [0.717, 1.165) is 11.1 Å². The molecule has 0 aliphatic heterocycles. The Morgan fingerprint density at radius 1 is 1.17 bits per heavy atom. The molecule has 3 heterocycles. The minimum absolute atomic E-state index is 0.286. The van der Waals surface area contributed by atoms with Gasteiger partial charge in [0.2, 0.25) is 11.9 Å². The van der Waals surface area contributed by atoms with Crippen molar-refractivity contribution in [2.24, 2.45) is 12.8 Å². The van der Waals surface area contributed by atoms with Crippen LogP contribution in [0.25, 0.3) is 22.3 Å². The van der Waals surface area contributed by atoms with Crippen LogP contribution >= 0.6 is 0 Å². The normalized spacial score (nSPS) is 11.0. The van der Waals surface area contributed by atoms with Crippen LogP contribution in [0.5, 0.6) is 11.5 Å². The first-order chi connectivity index (χ1) is 14.0. The van der Waals surface area contributed by atoms with Crippen LogP contribution < -0.4 is 10.5 Å². The molecule has 0 bridgehead atoms. The van der Waals surface area contributed by atoms with Crippen molar-refractivity contribution < 1.29 is 13.9 Å². The average Bonchev–Trinajstić information content (AvgIpc) is 3.00. The number of ether oxygens (including phenoxy) is 1. The Balaban J connectivity index is 1.66. The maximum absolute atomic E-state index is 13.9. The highest BCUT2D eigenvalue weighted by Crippen LogP contribution is 2.28. The number of fused-ring (bicyclic) bond motifs is 1. The highest BCUT2D eigenvalue weighted by molar-refractivity contribution is 5.95. The molecule has 1 amide bonds. The van der Waals surface area contributed by atoms with E-state index in [4.69, 9.17) is 10.5 Å². The van der Waals surface area contributed by atoms with Gasteiger partial charge in [0, 0.05) is 30.4 Å². The Morgan fingerprint density at radius 3 is 2.76 bits per heavy atom. The molecule has 29 heavy (non-hydrogen) atoms. The lowest BCUT2D eigenvalue weighted by Crippen LogP contribution is -2.13. The molecular formula is C21H18FN5O2. The molecule has 0 saturated heterocycles. The lowest BCUT2D eigenvalue weighted by Gasteiger charge is -2.10. The molecule has 4 rings (SSSR count). The van der Waals surface area contributed by atoms with Gasteiger partial charge < -0.3 is 10.5 Å². The fourth-order valence-corrected chi connectivity index (χ4v) is 3.19. The van der Waals surface area contributed by atoms with Crippen molar-refractivity contribution in [3.8, 4) is 22.8 Å². The number of halogens is 1. The summed E-state index contributed by atoms with van der Waals surface area (Å²) in [6.07, 6.45) is 3.81. The van der Waals surface area contributed by atoms with Crippen LogP contribution in [0, 0.1) is 5.95 Å². The van der Waals surface area contributed by atoms with Gasteiger partial charge in [-0.2, -0.15) is 4.39 Å². The Bertz CT molecular complexity index is 1240. The number of aryl methyl sites for hydroxylation is 2. The van der Waals surface area contributed by atoms with Gasteiger partial charge in [0.05, 0.1) is 17.3 Å². The number of rotatable bonds is 5. The Kier molecular flexibility index (Phi) is 4.67. The van der Waals surface area contributed by atoms with Crippen molar-refractivity contribution in [1.82, 2.24) is 19.7 Å². The fraction of sp³-hybridized carbons (Fsp3) is 0.143. The first-order valence-electron chi connectivity index (χ1n) is 9.01. The molecule has 2 N–H and O–H groups in total. The van der Waals surface area contributed by atoms with E-state index in [0.29, 0.717) is 34.8 Å². The number of amides is 1. The number of primary amides is 1. The Morgan fingerprint density at radius 2 is 2.00 bits per heavy atom. The Labute approximate surface area is 166 Å². The first kappa shape index (κ1) is 18.5. The van der Waals surface area contributed by atoms with Crippen molar-refractivity contribution >= 4 is 16.9 Å². The monoisotopic (exact) mass is 391 g/mol. The molecule has 8 heteroatoms. The summed E-state index contributed by atoms with van der Waals surface area (Å²) in [6, 6.07) is 10.4. The zero-order valence-corrected chi connectivity index (χ0v) is 15.9. The van der Waals surface area contributed by atoms with Crippen LogP contribution in [0.2, 0.25) is 0 Å². The van der Waals surface area contributed by atoms with E-state index < -0.39 is 11.9 Å². The molecule has 1 aromatic carbocycles. The van der Waals surface area contributed by atoms with Gasteiger partial charge in [0.25, 0.3) is 0 Å². The molecule has 0 radical (unpaired) electrons. The smallest absolute Gasteiger partial charge is 0.248 e. The van der Waals surface area contributed by atoms with Crippen LogP contribution in [-0.4, -0.2) is 25.7 Å². The molecule has 4 aromatic rings. The summed E-state index contributed by atoms with van der Waals surface area (Å²) in [5.41, 5.74) is 8.73. The van der Waals surface area contributed by atoms with Crippen LogP contribution in [0.3, 0.4) is 0 Å². The zero-order valence-electron chi connectivity index (χ0n) is 15.9. The van der Waals surface area contributed by atoms with Crippen molar-refractivity contribution in [3.63, 3.8) is 0 Å². The summed E-state index contributed by atoms with van der Waals surface area (Å²) in [7, 11) is 1.63. The van der Waals surface area contributed by atoms with Gasteiger partial charge in [-0.1, -0.05) is 13.0 Å². The predicted molar refractivity (Wildman–Crippen MR) is 106 cm³/mol. The third kappa shape index (κ3) is 3.52. The van der Waals surface area contributed by atoms with Crippen molar-refractivity contribution in [2.75, 3.05) is 0 Å². The first-order valence-corrected chi connectivity index (χ1v) is 9.01. The highest BCUT2D eigenvalue weighted by Gasteiger charge is 2.12. The Hall–Kier alpha value is -3.81. The minimum atomic E-state index is -0.600. The van der Waals surface area contributed by atoms with E-state index in [1.54, 1.807) is 43.6 Å². The maximum Gasteiger partial charge on any atom is 0.248 e. The molecule has 7 nitrogen and oxygen atoms in total.